The molecule has 4 rings (SSSR count). The molecule has 3 aliphatic heterocycles. The van der Waals surface area contributed by atoms with E-state index < -0.39 is 137 Å². The molecule has 0 bridgehead atoms. The van der Waals surface area contributed by atoms with E-state index in [1.807, 2.05) is 41.5 Å². The molecule has 0 aliphatic carbocycles. The van der Waals surface area contributed by atoms with Gasteiger partial charge < -0.3 is 49.8 Å². The number of amides is 7. The topological polar surface area (TPSA) is 265 Å². The van der Waals surface area contributed by atoms with E-state index in [4.69, 9.17) is 14.2 Å². The maximum Gasteiger partial charge on any atom is 0.329 e. The molecule has 0 spiro atoms. The molecule has 21 nitrogen and oxygen atoms in total. The first-order valence-electron chi connectivity index (χ1n) is 28.2. The Balaban J connectivity index is 1.89. The van der Waals surface area contributed by atoms with E-state index in [1.54, 1.807) is 45.0 Å². The second kappa shape index (κ2) is 29.2. The van der Waals surface area contributed by atoms with Gasteiger partial charge in [0.2, 0.25) is 41.2 Å². The van der Waals surface area contributed by atoms with Crippen LogP contribution in [-0.4, -0.2) is 173 Å². The molecule has 3 heterocycles. The molecule has 3 aliphatic rings. The quantitative estimate of drug-likeness (QED) is 0.128. The van der Waals surface area contributed by atoms with Gasteiger partial charge in [-0.2, -0.15) is 0 Å². The minimum Gasteiger partial charge on any atom is -0.497 e. The van der Waals surface area contributed by atoms with E-state index in [-0.39, 0.29) is 69.4 Å². The number of rotatable bonds is 15. The van der Waals surface area contributed by atoms with Crippen molar-refractivity contribution in [1.82, 2.24) is 35.6 Å². The van der Waals surface area contributed by atoms with Crippen LogP contribution >= 0.6 is 0 Å². The molecule has 0 radical (unpaired) electrons. The first-order valence-corrected chi connectivity index (χ1v) is 28.2. The van der Waals surface area contributed by atoms with Crippen LogP contribution in [-0.2, 0) is 68.6 Å². The van der Waals surface area contributed by atoms with Crippen LogP contribution in [0.3, 0.4) is 0 Å². The Kier molecular flexibility index (Phi) is 24.0. The number of esters is 2. The van der Waals surface area contributed by atoms with Crippen LogP contribution in [0.15, 0.2) is 24.3 Å². The summed E-state index contributed by atoms with van der Waals surface area (Å²) in [6.07, 6.45) is -1.12. The Morgan fingerprint density at radius 2 is 1.47 bits per heavy atom. The van der Waals surface area contributed by atoms with Gasteiger partial charge in [-0.3, -0.25) is 47.9 Å². The molecular weight excluding hydrogens is 1020 g/mol. The predicted molar refractivity (Wildman–Crippen MR) is 292 cm³/mol. The van der Waals surface area contributed by atoms with Crippen molar-refractivity contribution in [2.45, 2.75) is 195 Å². The smallest absolute Gasteiger partial charge is 0.329 e. The van der Waals surface area contributed by atoms with Crippen LogP contribution < -0.4 is 20.7 Å². The summed E-state index contributed by atoms with van der Waals surface area (Å²) in [7, 11) is 4.34. The number of cyclic esters (lactones) is 2. The fourth-order valence-corrected chi connectivity index (χ4v) is 10.8. The van der Waals surface area contributed by atoms with E-state index in [1.165, 1.54) is 54.7 Å². The zero-order valence-electron chi connectivity index (χ0n) is 49.3. The Hall–Kier alpha value is -6.41. The normalized spacial score (nSPS) is 27.2. The van der Waals surface area contributed by atoms with Gasteiger partial charge >= 0.3 is 11.9 Å². The zero-order chi connectivity index (χ0) is 59.3. The molecule has 0 unspecified atom stereocenters. The third kappa shape index (κ3) is 16.8. The molecule has 3 saturated heterocycles. The van der Waals surface area contributed by atoms with Crippen LogP contribution in [0.25, 0.3) is 0 Å². The van der Waals surface area contributed by atoms with Gasteiger partial charge in [-0.1, -0.05) is 80.9 Å². The minimum absolute atomic E-state index is 0.0945. The van der Waals surface area contributed by atoms with Crippen molar-refractivity contribution in [2.75, 3.05) is 34.3 Å². The summed E-state index contributed by atoms with van der Waals surface area (Å²) in [6.45, 7) is 20.5. The third-order valence-corrected chi connectivity index (χ3v) is 15.7. The Bertz CT molecular complexity index is 2380. The summed E-state index contributed by atoms with van der Waals surface area (Å²) in [5.41, 5.74) is 0.594. The molecule has 7 amide bonds. The average Bonchev–Trinajstić information content (AvgIpc) is 4.13. The number of nitrogens with one attached hydrogen (secondary N) is 3. The van der Waals surface area contributed by atoms with Gasteiger partial charge in [0.25, 0.3) is 5.91 Å². The van der Waals surface area contributed by atoms with Crippen LogP contribution in [0.4, 0.5) is 0 Å². The summed E-state index contributed by atoms with van der Waals surface area (Å²) in [6, 6.07) is -1.50. The second-order valence-corrected chi connectivity index (χ2v) is 23.2. The molecule has 79 heavy (non-hydrogen) atoms. The summed E-state index contributed by atoms with van der Waals surface area (Å²) in [5.74, 6) is -10.8. The number of benzene rings is 1. The highest BCUT2D eigenvalue weighted by Gasteiger charge is 2.46. The highest BCUT2D eigenvalue weighted by Crippen LogP contribution is 2.28. The lowest BCUT2D eigenvalue weighted by atomic mass is 9.86. The SMILES string of the molecule is CC[C@H](C)[C@H]1NC(=O)[C@@H](NC(=O)[C@@H](CC(C)C)N(C)C(=O)[C@@H]2CCCN2C(=O)C(C)=O)[C@@H](C)OC(=O)[C@H](Cc2ccc(OC)cc2)N(C)C(=O)[C@@H]2CCCN2C(=O)[C@H](CC(C)C)NC(=O)[C@@H](C)C(=O)[C@H](C(C)C)OC(=O)C[C@@H]1C. The Morgan fingerprint density at radius 3 is 2.04 bits per heavy atom. The predicted octanol–water partition coefficient (Wildman–Crippen LogP) is 3.80. The van der Waals surface area contributed by atoms with Crippen molar-refractivity contribution in [1.29, 1.82) is 0 Å². The van der Waals surface area contributed by atoms with Crippen LogP contribution in [0.5, 0.6) is 5.75 Å². The number of likely N-dealkylation sites (N-methyl/N-ethyl adjacent to an activating group) is 2. The maximum atomic E-state index is 15.1. The van der Waals surface area contributed by atoms with Gasteiger partial charge in [0.05, 0.1) is 19.4 Å². The number of carbonyl (C=O) groups excluding carboxylic acids is 11. The van der Waals surface area contributed by atoms with E-state index in [2.05, 4.69) is 16.0 Å². The number of methoxy groups -OCH3 is 1. The number of ether oxygens (including phenoxy) is 3. The first-order chi connectivity index (χ1) is 37.0. The number of hydrogen-bond donors (Lipinski definition) is 3. The number of hydrogen-bond acceptors (Lipinski definition) is 14. The lowest BCUT2D eigenvalue weighted by molar-refractivity contribution is -0.162. The first kappa shape index (κ1) is 65.1. The standard InChI is InChI=1S/C58H89N7O14/c1-16-34(8)47-35(9)29-46(67)79-50(33(6)7)49(68)36(10)51(69)59-41(27-31(2)3)55(73)65-26-18-20-43(65)57(75)63(14)45(30-39-21-23-40(77-15)24-22-39)58(76)78-38(12)48(53(71)60-47)61-52(70)44(28-32(4)5)62(13)56(74)42-19-17-25-64(42)54(72)37(11)66/h21-24,31-36,38,41-45,47-48,50H,16-20,25-30H2,1-15H3,(H,59,69)(H,60,71)(H,61,70)/t34-,35-,36-,38+,41-,42-,43-,44+,45-,47+,48-,50-/m0/s1. The van der Waals surface area contributed by atoms with E-state index in [0.717, 1.165) is 6.92 Å². The van der Waals surface area contributed by atoms with Crippen molar-refractivity contribution in [3.05, 3.63) is 29.8 Å². The molecular formula is C58H89N7O14. The Morgan fingerprint density at radius 1 is 0.835 bits per heavy atom. The zero-order valence-corrected chi connectivity index (χ0v) is 49.3. The van der Waals surface area contributed by atoms with Gasteiger partial charge in [-0.15, -0.1) is 0 Å². The number of likely N-dealkylation sites (tertiary alicyclic amines) is 1. The molecule has 21 heteroatoms. The molecule has 1 aromatic carbocycles. The number of ketones is 2. The molecule has 1 aromatic rings. The van der Waals surface area contributed by atoms with Gasteiger partial charge in [-0.25, -0.2) is 4.79 Å². The summed E-state index contributed by atoms with van der Waals surface area (Å²) < 4.78 is 17.5. The number of Topliss-reactive ketones (excluding diaryl/α,β-unsaturated/α-hetero) is 2. The fourth-order valence-electron chi connectivity index (χ4n) is 10.8. The number of fused-ring (bicyclic) bond motifs is 1. The van der Waals surface area contributed by atoms with Crippen molar-refractivity contribution < 1.29 is 67.0 Å². The number of carbonyl (C=O) groups is 11. The van der Waals surface area contributed by atoms with Gasteiger partial charge in [-0.05, 0) is 99.7 Å². The fraction of sp³-hybridized carbons (Fsp3) is 0.707. The molecule has 12 atom stereocenters. The van der Waals surface area contributed by atoms with Gasteiger partial charge in [0, 0.05) is 46.6 Å². The van der Waals surface area contributed by atoms with Crippen molar-refractivity contribution in [2.24, 2.45) is 35.5 Å². The second-order valence-electron chi connectivity index (χ2n) is 23.2. The number of nitrogens with zero attached hydrogens (tertiary/aromatic N) is 4. The molecule has 0 saturated carbocycles. The third-order valence-electron chi connectivity index (χ3n) is 15.7. The Labute approximate surface area is 466 Å². The van der Waals surface area contributed by atoms with Crippen LogP contribution in [0.1, 0.15) is 140 Å². The average molecular weight is 1110 g/mol. The highest BCUT2D eigenvalue weighted by atomic mass is 16.6. The van der Waals surface area contributed by atoms with Crippen molar-refractivity contribution in [3.63, 3.8) is 0 Å². The summed E-state index contributed by atoms with van der Waals surface area (Å²) in [5, 5.41) is 8.61. The molecule has 3 N–H and O–H groups in total. The molecule has 0 aromatic heterocycles. The van der Waals surface area contributed by atoms with Crippen LogP contribution in [0.2, 0.25) is 0 Å². The minimum atomic E-state index is -1.66. The largest absolute Gasteiger partial charge is 0.497 e. The maximum absolute atomic E-state index is 15.1. The van der Waals surface area contributed by atoms with E-state index in [9.17, 15) is 47.9 Å². The summed E-state index contributed by atoms with van der Waals surface area (Å²) in [4.78, 5) is 161. The van der Waals surface area contributed by atoms with Crippen molar-refractivity contribution in [3.8, 4) is 5.75 Å². The van der Waals surface area contributed by atoms with Gasteiger partial charge in [0.1, 0.15) is 48.1 Å². The van der Waals surface area contributed by atoms with E-state index in [0.29, 0.717) is 30.6 Å². The summed E-state index contributed by atoms with van der Waals surface area (Å²) >= 11 is 0. The molecule has 440 valence electrons. The van der Waals surface area contributed by atoms with Crippen LogP contribution in [0, 0.1) is 35.5 Å². The monoisotopic (exact) mass is 1110 g/mol. The lowest BCUT2D eigenvalue weighted by Crippen LogP contribution is -2.61. The lowest BCUT2D eigenvalue weighted by Gasteiger charge is -2.36. The van der Waals surface area contributed by atoms with Crippen molar-refractivity contribution >= 4 is 64.9 Å². The van der Waals surface area contributed by atoms with E-state index >= 15 is 4.79 Å². The highest BCUT2D eigenvalue weighted by molar-refractivity contribution is 6.35. The molecule has 3 fully saturated rings. The van der Waals surface area contributed by atoms with Gasteiger partial charge in [0.15, 0.2) is 11.9 Å².